The number of fused-ring (bicyclic) bond motifs is 1. The van der Waals surface area contributed by atoms with Crippen LogP contribution < -0.4 is 10.1 Å². The lowest BCUT2D eigenvalue weighted by molar-refractivity contribution is -0.0686. The molecule has 1 spiro atoms. The highest BCUT2D eigenvalue weighted by molar-refractivity contribution is 5.94. The van der Waals surface area contributed by atoms with E-state index in [2.05, 4.69) is 32.1 Å². The van der Waals surface area contributed by atoms with Gasteiger partial charge in [-0.2, -0.15) is 18.3 Å². The number of nitrogens with one attached hydrogen (secondary N) is 2. The molecular weight excluding hydrogens is 395 g/mol. The van der Waals surface area contributed by atoms with Gasteiger partial charge in [0.2, 0.25) is 5.88 Å². The van der Waals surface area contributed by atoms with Crippen molar-refractivity contribution in [2.24, 2.45) is 5.41 Å². The average Bonchev–Trinajstić information content (AvgIpc) is 3.37. The zero-order valence-corrected chi connectivity index (χ0v) is 16.1. The predicted molar refractivity (Wildman–Crippen MR) is 106 cm³/mol. The Morgan fingerprint density at radius 3 is 2.80 bits per heavy atom. The van der Waals surface area contributed by atoms with Crippen molar-refractivity contribution in [3.8, 4) is 17.3 Å². The molecule has 1 aliphatic carbocycles. The molecule has 1 saturated carbocycles. The van der Waals surface area contributed by atoms with E-state index < -0.39 is 11.7 Å². The molecule has 6 nitrogen and oxygen atoms in total. The molecule has 156 valence electrons. The van der Waals surface area contributed by atoms with Gasteiger partial charge in [0.05, 0.1) is 23.5 Å². The van der Waals surface area contributed by atoms with Gasteiger partial charge in [-0.1, -0.05) is 12.6 Å². The molecule has 9 heteroatoms. The molecule has 1 aliphatic heterocycles. The smallest absolute Gasteiger partial charge is 0.416 e. The van der Waals surface area contributed by atoms with Crippen molar-refractivity contribution in [3.05, 3.63) is 42.7 Å². The number of hydrogen-bond donors (Lipinski definition) is 2. The largest absolute Gasteiger partial charge is 0.471 e. The molecule has 0 amide bonds. The number of halogens is 3. The summed E-state index contributed by atoms with van der Waals surface area (Å²) in [6, 6.07) is 4.34. The van der Waals surface area contributed by atoms with Crippen LogP contribution in [0.15, 0.2) is 37.2 Å². The Hall–Kier alpha value is -2.94. The van der Waals surface area contributed by atoms with Crippen LogP contribution in [-0.2, 0) is 0 Å². The fourth-order valence-electron chi connectivity index (χ4n) is 4.07. The van der Waals surface area contributed by atoms with E-state index in [0.29, 0.717) is 28.2 Å². The van der Waals surface area contributed by atoms with Gasteiger partial charge < -0.3 is 10.1 Å². The Kier molecular flexibility index (Phi) is 4.32. The molecule has 2 N–H and O–H groups in total. The van der Waals surface area contributed by atoms with E-state index in [1.54, 1.807) is 12.3 Å². The first-order valence-corrected chi connectivity index (χ1v) is 9.80. The predicted octanol–water partition coefficient (Wildman–Crippen LogP) is 4.12. The first-order valence-electron chi connectivity index (χ1n) is 9.80. The molecule has 1 unspecified atom stereocenters. The van der Waals surface area contributed by atoms with Crippen LogP contribution in [0.3, 0.4) is 0 Å². The fraction of sp³-hybridized carbons (Fsp3) is 0.381. The zero-order valence-electron chi connectivity index (χ0n) is 16.1. The van der Waals surface area contributed by atoms with Crippen molar-refractivity contribution >= 4 is 16.5 Å². The Labute approximate surface area is 170 Å². The molecule has 3 aromatic rings. The van der Waals surface area contributed by atoms with Crippen molar-refractivity contribution in [2.45, 2.75) is 31.5 Å². The molecule has 1 saturated heterocycles. The van der Waals surface area contributed by atoms with Crippen molar-refractivity contribution < 1.29 is 17.9 Å². The molecule has 1 aromatic carbocycles. The molecule has 3 heterocycles. The van der Waals surface area contributed by atoms with Crippen LogP contribution >= 0.6 is 0 Å². The van der Waals surface area contributed by atoms with Gasteiger partial charge in [-0.3, -0.25) is 10.1 Å². The molecular formula is C21H20F3N5O. The lowest BCUT2D eigenvalue weighted by Crippen LogP contribution is -2.45. The van der Waals surface area contributed by atoms with E-state index in [4.69, 9.17) is 4.74 Å². The molecule has 2 aromatic heterocycles. The number of ether oxygens (including phenoxy) is 1. The minimum Gasteiger partial charge on any atom is -0.471 e. The van der Waals surface area contributed by atoms with Gasteiger partial charge in [0, 0.05) is 17.3 Å². The highest BCUT2D eigenvalue weighted by atomic mass is 19.4. The van der Waals surface area contributed by atoms with Gasteiger partial charge in [0.15, 0.2) is 0 Å². The fourth-order valence-corrected chi connectivity index (χ4v) is 4.07. The van der Waals surface area contributed by atoms with Gasteiger partial charge in [0.1, 0.15) is 17.5 Å². The normalized spacial score (nSPS) is 20.4. The Morgan fingerprint density at radius 2 is 2.03 bits per heavy atom. The van der Waals surface area contributed by atoms with Crippen molar-refractivity contribution in [3.63, 3.8) is 0 Å². The topological polar surface area (TPSA) is 75.7 Å². The summed E-state index contributed by atoms with van der Waals surface area (Å²) in [4.78, 5) is 8.75. The maximum absolute atomic E-state index is 13.1. The summed E-state index contributed by atoms with van der Waals surface area (Å²) in [5, 5.41) is 11.0. The van der Waals surface area contributed by atoms with E-state index in [9.17, 15) is 13.2 Å². The van der Waals surface area contributed by atoms with Crippen molar-refractivity contribution in [1.82, 2.24) is 25.5 Å². The highest BCUT2D eigenvalue weighted by Gasteiger charge is 2.52. The molecule has 2 fully saturated rings. The summed E-state index contributed by atoms with van der Waals surface area (Å²) in [6.45, 7) is 4.94. The van der Waals surface area contributed by atoms with E-state index in [-0.39, 0.29) is 17.1 Å². The van der Waals surface area contributed by atoms with Gasteiger partial charge in [-0.05, 0) is 43.5 Å². The summed E-state index contributed by atoms with van der Waals surface area (Å²) in [5.74, 6) is 0.388. The maximum atomic E-state index is 13.1. The van der Waals surface area contributed by atoms with Crippen LogP contribution in [0.4, 0.5) is 13.2 Å². The molecule has 0 radical (unpaired) electrons. The standard InChI is InChI=1S/C21H20F3N5O/c1-12(21(22,23)24)13-2-3-15-14(8-13)19(29-28-15)16-9-26-11-18(27-16)30-17-10-25-7-6-20(17)4-5-20/h2-3,8-9,11,17,25H,1,4-7,10H2,(H,28,29). The minimum atomic E-state index is -4.50. The quantitative estimate of drug-likeness (QED) is 0.671. The molecule has 30 heavy (non-hydrogen) atoms. The second-order valence-corrected chi connectivity index (χ2v) is 7.97. The number of aromatic amines is 1. The van der Waals surface area contributed by atoms with Crippen LogP contribution in [0, 0.1) is 5.41 Å². The number of piperidine rings is 1. The molecule has 2 aliphatic rings. The maximum Gasteiger partial charge on any atom is 0.416 e. The SMILES string of the molecule is C=C(c1ccc2[nH]nc(-c3cncc(OC4CNCCC45CC5)n3)c2c1)C(F)(F)F. The number of aromatic nitrogens is 4. The van der Waals surface area contributed by atoms with E-state index in [1.165, 1.54) is 18.3 Å². The summed E-state index contributed by atoms with van der Waals surface area (Å²) in [7, 11) is 0. The van der Waals surface area contributed by atoms with Crippen LogP contribution in [0.2, 0.25) is 0 Å². The second kappa shape index (κ2) is 6.80. The Morgan fingerprint density at radius 1 is 1.20 bits per heavy atom. The van der Waals surface area contributed by atoms with Crippen molar-refractivity contribution in [2.75, 3.05) is 13.1 Å². The van der Waals surface area contributed by atoms with Crippen LogP contribution in [-0.4, -0.2) is 45.5 Å². The summed E-state index contributed by atoms with van der Waals surface area (Å²) < 4.78 is 45.3. The number of rotatable bonds is 4. The second-order valence-electron chi connectivity index (χ2n) is 7.97. The third-order valence-corrected chi connectivity index (χ3v) is 6.08. The minimum absolute atomic E-state index is 0.0121. The number of hydrogen-bond acceptors (Lipinski definition) is 5. The lowest BCUT2D eigenvalue weighted by atomic mass is 9.92. The summed E-state index contributed by atoms with van der Waals surface area (Å²) in [6.07, 6.45) is 2.01. The van der Waals surface area contributed by atoms with Gasteiger partial charge in [0.25, 0.3) is 0 Å². The third-order valence-electron chi connectivity index (χ3n) is 6.08. The van der Waals surface area contributed by atoms with E-state index in [0.717, 1.165) is 32.4 Å². The van der Waals surface area contributed by atoms with Gasteiger partial charge in [-0.25, -0.2) is 4.98 Å². The molecule has 0 bridgehead atoms. The average molecular weight is 415 g/mol. The van der Waals surface area contributed by atoms with Gasteiger partial charge in [-0.15, -0.1) is 0 Å². The van der Waals surface area contributed by atoms with E-state index >= 15 is 0 Å². The van der Waals surface area contributed by atoms with E-state index in [1.807, 2.05) is 0 Å². The van der Waals surface area contributed by atoms with Crippen molar-refractivity contribution in [1.29, 1.82) is 0 Å². The first kappa shape index (κ1) is 19.0. The number of allylic oxidation sites excluding steroid dienone is 1. The zero-order chi connectivity index (χ0) is 20.9. The van der Waals surface area contributed by atoms with Crippen LogP contribution in [0.5, 0.6) is 5.88 Å². The number of alkyl halides is 3. The monoisotopic (exact) mass is 415 g/mol. The number of benzene rings is 1. The van der Waals surface area contributed by atoms with Crippen LogP contribution in [0.1, 0.15) is 24.8 Å². The highest BCUT2D eigenvalue weighted by Crippen LogP contribution is 2.53. The lowest BCUT2D eigenvalue weighted by Gasteiger charge is -2.32. The third kappa shape index (κ3) is 3.32. The number of nitrogens with zero attached hydrogens (tertiary/aromatic N) is 3. The molecule has 5 rings (SSSR count). The Balaban J connectivity index is 1.47. The summed E-state index contributed by atoms with van der Waals surface area (Å²) in [5.41, 5.74) is 0.769. The van der Waals surface area contributed by atoms with Crippen LogP contribution in [0.25, 0.3) is 27.9 Å². The first-order chi connectivity index (χ1) is 14.4. The molecule has 1 atom stereocenters. The summed E-state index contributed by atoms with van der Waals surface area (Å²) >= 11 is 0. The van der Waals surface area contributed by atoms with Gasteiger partial charge >= 0.3 is 6.18 Å². The number of H-pyrrole nitrogens is 1. The Bertz CT molecular complexity index is 1120.